The van der Waals surface area contributed by atoms with Crippen molar-refractivity contribution in [3.63, 3.8) is 0 Å². The highest BCUT2D eigenvalue weighted by Crippen LogP contribution is 2.40. The summed E-state index contributed by atoms with van der Waals surface area (Å²) in [4.78, 5) is 23.7. The van der Waals surface area contributed by atoms with Gasteiger partial charge in [-0.25, -0.2) is 4.79 Å². The van der Waals surface area contributed by atoms with Gasteiger partial charge in [-0.05, 0) is 16.2 Å². The van der Waals surface area contributed by atoms with E-state index in [1.54, 1.807) is 48.5 Å². The van der Waals surface area contributed by atoms with Gasteiger partial charge in [0.2, 0.25) is 0 Å². The SMILES string of the molecule is O=C(c1c(O)c2c3ccccc3c3ccccc3c2oc1=O)C(F)(F)F. The minimum Gasteiger partial charge on any atom is -0.506 e. The van der Waals surface area contributed by atoms with Crippen LogP contribution in [0.15, 0.2) is 57.7 Å². The highest BCUT2D eigenvalue weighted by Gasteiger charge is 2.43. The third-order valence-electron chi connectivity index (χ3n) is 4.24. The molecule has 0 atom stereocenters. The maximum atomic E-state index is 12.8. The van der Waals surface area contributed by atoms with E-state index >= 15 is 0 Å². The third kappa shape index (κ3) is 2.17. The summed E-state index contributed by atoms with van der Waals surface area (Å²) in [6.45, 7) is 0. The standard InChI is InChI=1S/C19H9F3O4/c20-19(21,22)17(24)14-15(23)13-11-7-3-1-5-9(11)10-6-2-4-8-12(10)16(13)26-18(14)25/h1-8,23H. The number of hydrogen-bond acceptors (Lipinski definition) is 4. The molecule has 26 heavy (non-hydrogen) atoms. The number of Topliss-reactive ketones (excluding diaryl/α,β-unsaturated/α-hetero) is 1. The molecule has 0 amide bonds. The Morgan fingerprint density at radius 2 is 1.38 bits per heavy atom. The van der Waals surface area contributed by atoms with Gasteiger partial charge in [-0.1, -0.05) is 48.5 Å². The zero-order valence-electron chi connectivity index (χ0n) is 12.9. The molecule has 4 nitrogen and oxygen atoms in total. The summed E-state index contributed by atoms with van der Waals surface area (Å²) in [5, 5.41) is 12.5. The average Bonchev–Trinajstić information content (AvgIpc) is 2.60. The second-order valence-electron chi connectivity index (χ2n) is 5.74. The van der Waals surface area contributed by atoms with Crippen LogP contribution in [0.1, 0.15) is 10.4 Å². The van der Waals surface area contributed by atoms with Crippen LogP contribution in [-0.2, 0) is 0 Å². The Balaban J connectivity index is 2.30. The van der Waals surface area contributed by atoms with Crippen molar-refractivity contribution < 1.29 is 27.5 Å². The molecule has 0 bridgehead atoms. The van der Waals surface area contributed by atoms with Crippen LogP contribution >= 0.6 is 0 Å². The Labute approximate surface area is 143 Å². The summed E-state index contributed by atoms with van der Waals surface area (Å²) < 4.78 is 43.5. The Morgan fingerprint density at radius 3 is 1.96 bits per heavy atom. The second-order valence-corrected chi connectivity index (χ2v) is 5.74. The molecule has 0 fully saturated rings. The molecule has 7 heteroatoms. The van der Waals surface area contributed by atoms with Crippen molar-refractivity contribution in [3.05, 3.63) is 64.5 Å². The molecule has 0 aliphatic carbocycles. The van der Waals surface area contributed by atoms with E-state index in [-0.39, 0.29) is 11.0 Å². The summed E-state index contributed by atoms with van der Waals surface area (Å²) in [7, 11) is 0. The first kappa shape index (κ1) is 16.1. The molecule has 0 unspecified atom stereocenters. The van der Waals surface area contributed by atoms with Gasteiger partial charge in [-0.3, -0.25) is 4.79 Å². The van der Waals surface area contributed by atoms with Crippen molar-refractivity contribution in [3.8, 4) is 5.75 Å². The molecular weight excluding hydrogens is 349 g/mol. The van der Waals surface area contributed by atoms with Crippen molar-refractivity contribution >= 4 is 38.3 Å². The number of rotatable bonds is 1. The van der Waals surface area contributed by atoms with E-state index in [4.69, 9.17) is 4.42 Å². The highest BCUT2D eigenvalue weighted by atomic mass is 19.4. The molecule has 0 spiro atoms. The molecule has 0 saturated heterocycles. The molecule has 4 aromatic rings. The lowest BCUT2D eigenvalue weighted by Crippen LogP contribution is -2.28. The van der Waals surface area contributed by atoms with Crippen LogP contribution in [-0.4, -0.2) is 17.1 Å². The lowest BCUT2D eigenvalue weighted by molar-refractivity contribution is -0.0888. The average molecular weight is 358 g/mol. The number of ketones is 1. The summed E-state index contributed by atoms with van der Waals surface area (Å²) in [5.74, 6) is -3.47. The predicted octanol–water partition coefficient (Wildman–Crippen LogP) is 4.55. The van der Waals surface area contributed by atoms with Gasteiger partial charge in [0, 0.05) is 5.39 Å². The van der Waals surface area contributed by atoms with Crippen LogP contribution in [0.5, 0.6) is 5.75 Å². The smallest absolute Gasteiger partial charge is 0.455 e. The number of halogens is 3. The van der Waals surface area contributed by atoms with Gasteiger partial charge in [-0.15, -0.1) is 0 Å². The van der Waals surface area contributed by atoms with Crippen molar-refractivity contribution in [1.82, 2.24) is 0 Å². The van der Waals surface area contributed by atoms with Crippen LogP contribution in [0.25, 0.3) is 32.5 Å². The Bertz CT molecular complexity index is 1270. The zero-order chi connectivity index (χ0) is 18.6. The fourth-order valence-corrected chi connectivity index (χ4v) is 3.16. The van der Waals surface area contributed by atoms with Gasteiger partial charge < -0.3 is 9.52 Å². The Morgan fingerprint density at radius 1 is 0.885 bits per heavy atom. The van der Waals surface area contributed by atoms with Crippen molar-refractivity contribution in [2.75, 3.05) is 0 Å². The molecule has 1 aromatic heterocycles. The molecule has 1 N–H and O–H groups in total. The van der Waals surface area contributed by atoms with Crippen LogP contribution in [0, 0.1) is 0 Å². The maximum Gasteiger partial charge on any atom is 0.455 e. The number of benzene rings is 3. The molecule has 3 aromatic carbocycles. The number of hydrogen-bond donors (Lipinski definition) is 1. The van der Waals surface area contributed by atoms with E-state index in [1.165, 1.54) is 0 Å². The minimum absolute atomic E-state index is 0.0690. The minimum atomic E-state index is -5.31. The molecule has 0 saturated carbocycles. The molecule has 130 valence electrons. The number of carbonyl (C=O) groups excluding carboxylic acids is 1. The number of fused-ring (bicyclic) bond motifs is 6. The second kappa shape index (κ2) is 5.32. The number of aromatic hydroxyl groups is 1. The van der Waals surface area contributed by atoms with Crippen LogP contribution in [0.2, 0.25) is 0 Å². The van der Waals surface area contributed by atoms with E-state index < -0.39 is 28.9 Å². The lowest BCUT2D eigenvalue weighted by Gasteiger charge is -2.12. The zero-order valence-corrected chi connectivity index (χ0v) is 12.9. The first-order valence-corrected chi connectivity index (χ1v) is 7.51. The quantitative estimate of drug-likeness (QED) is 0.308. The molecule has 1 heterocycles. The monoisotopic (exact) mass is 358 g/mol. The van der Waals surface area contributed by atoms with E-state index in [9.17, 15) is 27.9 Å². The summed E-state index contributed by atoms with van der Waals surface area (Å²) >= 11 is 0. The third-order valence-corrected chi connectivity index (χ3v) is 4.24. The molecule has 0 aliphatic heterocycles. The molecule has 0 aliphatic rings. The topological polar surface area (TPSA) is 67.5 Å². The fourth-order valence-electron chi connectivity index (χ4n) is 3.16. The predicted molar refractivity (Wildman–Crippen MR) is 89.5 cm³/mol. The summed E-state index contributed by atoms with van der Waals surface area (Å²) in [6.07, 6.45) is -5.31. The van der Waals surface area contributed by atoms with Crippen LogP contribution in [0.3, 0.4) is 0 Å². The van der Waals surface area contributed by atoms with Crippen LogP contribution < -0.4 is 5.63 Å². The first-order valence-electron chi connectivity index (χ1n) is 7.51. The van der Waals surface area contributed by atoms with Gasteiger partial charge in [0.15, 0.2) is 11.1 Å². The maximum absolute atomic E-state index is 12.8. The van der Waals surface area contributed by atoms with E-state index in [2.05, 4.69) is 0 Å². The van der Waals surface area contributed by atoms with Gasteiger partial charge in [0.25, 0.3) is 5.78 Å². The highest BCUT2D eigenvalue weighted by molar-refractivity contribution is 6.26. The summed E-state index contributed by atoms with van der Waals surface area (Å²) in [5.41, 5.74) is -3.01. The van der Waals surface area contributed by atoms with Crippen molar-refractivity contribution in [1.29, 1.82) is 0 Å². The van der Waals surface area contributed by atoms with Crippen molar-refractivity contribution in [2.24, 2.45) is 0 Å². The van der Waals surface area contributed by atoms with Gasteiger partial charge in [0.1, 0.15) is 5.75 Å². The van der Waals surface area contributed by atoms with Gasteiger partial charge >= 0.3 is 11.8 Å². The summed E-state index contributed by atoms with van der Waals surface area (Å²) in [6, 6.07) is 13.5. The lowest BCUT2D eigenvalue weighted by atomic mass is 9.96. The normalized spacial score (nSPS) is 12.1. The molecular formula is C19H9F3O4. The van der Waals surface area contributed by atoms with Crippen molar-refractivity contribution in [2.45, 2.75) is 6.18 Å². The Hall–Kier alpha value is -3.35. The molecule has 4 rings (SSSR count). The van der Waals surface area contributed by atoms with Gasteiger partial charge in [0.05, 0.1) is 5.39 Å². The number of alkyl halides is 3. The number of carbonyl (C=O) groups is 1. The van der Waals surface area contributed by atoms with E-state index in [1.807, 2.05) is 0 Å². The van der Waals surface area contributed by atoms with Gasteiger partial charge in [-0.2, -0.15) is 13.2 Å². The largest absolute Gasteiger partial charge is 0.506 e. The van der Waals surface area contributed by atoms with E-state index in [0.717, 1.165) is 0 Å². The van der Waals surface area contributed by atoms with E-state index in [0.29, 0.717) is 21.5 Å². The Kier molecular flexibility index (Phi) is 3.30. The first-order chi connectivity index (χ1) is 12.3. The fraction of sp³-hybridized carbons (Fsp3) is 0.0526. The van der Waals surface area contributed by atoms with Crippen LogP contribution in [0.4, 0.5) is 13.2 Å². The molecule has 0 radical (unpaired) electrons.